The lowest BCUT2D eigenvalue weighted by Crippen LogP contribution is -2.75. The van der Waals surface area contributed by atoms with Gasteiger partial charge in [0.1, 0.15) is 24.0 Å². The van der Waals surface area contributed by atoms with Gasteiger partial charge in [-0.3, -0.25) is 19.2 Å². The van der Waals surface area contributed by atoms with Crippen molar-refractivity contribution in [3.63, 3.8) is 0 Å². The third-order valence-corrected chi connectivity index (χ3v) is 9.85. The Morgan fingerprint density at radius 3 is 2.45 bits per heavy atom. The van der Waals surface area contributed by atoms with Gasteiger partial charge in [0.2, 0.25) is 17.7 Å². The Morgan fingerprint density at radius 2 is 1.75 bits per heavy atom. The molecule has 0 radical (unpaired) electrons. The van der Waals surface area contributed by atoms with Crippen LogP contribution in [0.2, 0.25) is 0 Å². The Hall–Kier alpha value is -5.95. The maximum absolute atomic E-state index is 14.6. The van der Waals surface area contributed by atoms with Crippen molar-refractivity contribution < 1.29 is 33.8 Å². The number of nitrogens with one attached hydrogen (secondary N) is 1. The van der Waals surface area contributed by atoms with Crippen molar-refractivity contribution in [3.05, 3.63) is 114 Å². The van der Waals surface area contributed by atoms with E-state index in [1.54, 1.807) is 58.2 Å². The fourth-order valence-electron chi connectivity index (χ4n) is 7.35. The lowest BCUT2D eigenvalue weighted by Gasteiger charge is -2.55. The van der Waals surface area contributed by atoms with Crippen LogP contribution < -0.4 is 5.32 Å². The second-order valence-electron chi connectivity index (χ2n) is 13.4. The van der Waals surface area contributed by atoms with Crippen LogP contribution in [0.4, 0.5) is 0 Å². The molecule has 0 saturated carbocycles. The number of hydrogen-bond donors (Lipinski definition) is 2. The second-order valence-corrected chi connectivity index (χ2v) is 13.4. The van der Waals surface area contributed by atoms with Gasteiger partial charge in [0.05, 0.1) is 31.3 Å². The molecular weight excluding hydrogens is 676 g/mol. The van der Waals surface area contributed by atoms with Crippen molar-refractivity contribution in [2.45, 2.75) is 51.0 Å². The van der Waals surface area contributed by atoms with Gasteiger partial charge in [-0.15, -0.1) is 6.58 Å². The SMILES string of the molecule is C=CCN1CC(=O)N2[C@@H](Cc3ccc(O)cc3)C(=O)N(Cc3cccc4c(C(=O)N[C@H](C)C(=O)OC)cn(C)c34)C[C@@H]2N1C(=O)CCc1ccccc1. The number of para-hydroxylation sites is 1. The number of methoxy groups -OCH3 is 1. The Labute approximate surface area is 308 Å². The van der Waals surface area contributed by atoms with Gasteiger partial charge >= 0.3 is 5.97 Å². The number of aryl methyl sites for hydroxylation is 2. The topological polar surface area (TPSA) is 145 Å². The van der Waals surface area contributed by atoms with Crippen LogP contribution in [0.3, 0.4) is 0 Å². The maximum Gasteiger partial charge on any atom is 0.328 e. The number of esters is 1. The number of phenolic OH excluding ortho intramolecular Hbond substituents is 1. The molecule has 2 aliphatic rings. The zero-order chi connectivity index (χ0) is 37.8. The first-order valence-corrected chi connectivity index (χ1v) is 17.6. The molecule has 53 heavy (non-hydrogen) atoms. The number of hydrogen-bond acceptors (Lipinski definition) is 8. The van der Waals surface area contributed by atoms with E-state index in [0.717, 1.165) is 22.2 Å². The monoisotopic (exact) mass is 720 g/mol. The normalized spacial score (nSPS) is 18.1. The van der Waals surface area contributed by atoms with E-state index in [4.69, 9.17) is 4.74 Å². The fraction of sp³-hybridized carbons (Fsp3) is 0.325. The zero-order valence-corrected chi connectivity index (χ0v) is 30.1. The van der Waals surface area contributed by atoms with Gasteiger partial charge in [-0.2, -0.15) is 0 Å². The molecule has 4 aromatic rings. The molecule has 4 amide bonds. The highest BCUT2D eigenvalue weighted by atomic mass is 16.5. The smallest absolute Gasteiger partial charge is 0.328 e. The van der Waals surface area contributed by atoms with Crippen LogP contribution in [-0.2, 0) is 50.3 Å². The number of aromatic hydroxyl groups is 1. The van der Waals surface area contributed by atoms with Gasteiger partial charge in [-0.25, -0.2) is 14.8 Å². The number of aromatic nitrogens is 1. The molecule has 2 N–H and O–H groups in total. The van der Waals surface area contributed by atoms with Crippen LogP contribution in [0, 0.1) is 0 Å². The lowest BCUT2D eigenvalue weighted by molar-refractivity contribution is -0.205. The number of carbonyl (C=O) groups excluding carboxylic acids is 5. The van der Waals surface area contributed by atoms with Crippen molar-refractivity contribution >= 4 is 40.5 Å². The molecule has 0 bridgehead atoms. The maximum atomic E-state index is 14.6. The minimum Gasteiger partial charge on any atom is -0.508 e. The Bertz CT molecular complexity index is 2030. The third kappa shape index (κ3) is 7.65. The van der Waals surface area contributed by atoms with Crippen molar-refractivity contribution in [1.29, 1.82) is 0 Å². The number of benzene rings is 3. The van der Waals surface area contributed by atoms with E-state index in [1.807, 2.05) is 53.1 Å². The summed E-state index contributed by atoms with van der Waals surface area (Å²) >= 11 is 0. The summed E-state index contributed by atoms with van der Waals surface area (Å²) < 4.78 is 6.57. The summed E-state index contributed by atoms with van der Waals surface area (Å²) in [5.41, 5.74) is 3.58. The average molecular weight is 721 g/mol. The highest BCUT2D eigenvalue weighted by Crippen LogP contribution is 2.32. The number of hydrazine groups is 1. The summed E-state index contributed by atoms with van der Waals surface area (Å²) in [6.07, 6.45) is 3.39. The van der Waals surface area contributed by atoms with Crippen LogP contribution in [0.1, 0.15) is 40.4 Å². The van der Waals surface area contributed by atoms with Crippen molar-refractivity contribution in [1.82, 2.24) is 29.7 Å². The standard InChI is InChI=1S/C40H44N6O7/c1-5-20-44-25-36(49)45-33(21-28-14-17-30(47)18-15-28)39(51)43(24-34(45)46(44)35(48)19-16-27-10-7-6-8-11-27)22-29-12-9-13-31-32(23-42(3)37(29)31)38(50)41-26(2)40(52)53-4/h5-15,17-18,23,26,33-34,47H,1,16,19-22,24-25H2,2-4H3,(H,41,50)/t26-,33+,34+/m1/s1. The molecule has 276 valence electrons. The largest absolute Gasteiger partial charge is 0.508 e. The minimum atomic E-state index is -0.935. The predicted octanol–water partition coefficient (Wildman–Crippen LogP) is 3.16. The lowest BCUT2D eigenvalue weighted by atomic mass is 9.97. The van der Waals surface area contributed by atoms with Gasteiger partial charge in [-0.1, -0.05) is 66.7 Å². The molecule has 3 atom stereocenters. The van der Waals surface area contributed by atoms with E-state index >= 15 is 0 Å². The summed E-state index contributed by atoms with van der Waals surface area (Å²) in [4.78, 5) is 71.3. The number of amides is 4. The summed E-state index contributed by atoms with van der Waals surface area (Å²) in [6.45, 7) is 5.75. The molecule has 0 unspecified atom stereocenters. The summed E-state index contributed by atoms with van der Waals surface area (Å²) in [7, 11) is 3.06. The van der Waals surface area contributed by atoms with E-state index in [-0.39, 0.29) is 62.5 Å². The third-order valence-electron chi connectivity index (χ3n) is 9.85. The average Bonchev–Trinajstić information content (AvgIpc) is 3.50. The fourth-order valence-corrected chi connectivity index (χ4v) is 7.35. The molecular formula is C40H44N6O7. The first kappa shape index (κ1) is 36.8. The van der Waals surface area contributed by atoms with E-state index in [9.17, 15) is 29.1 Å². The Balaban J connectivity index is 1.36. The predicted molar refractivity (Wildman–Crippen MR) is 197 cm³/mol. The van der Waals surface area contributed by atoms with Crippen LogP contribution in [0.25, 0.3) is 10.9 Å². The Kier molecular flexibility index (Phi) is 10.9. The number of fused-ring (bicyclic) bond motifs is 2. The molecule has 2 saturated heterocycles. The molecule has 2 aliphatic heterocycles. The molecule has 2 fully saturated rings. The second kappa shape index (κ2) is 15.7. The Morgan fingerprint density at radius 1 is 1.02 bits per heavy atom. The van der Waals surface area contributed by atoms with Gasteiger partial charge in [-0.05, 0) is 42.2 Å². The van der Waals surface area contributed by atoms with Gasteiger partial charge < -0.3 is 29.5 Å². The number of rotatable bonds is 12. The van der Waals surface area contributed by atoms with Gasteiger partial charge in [0.25, 0.3) is 5.91 Å². The van der Waals surface area contributed by atoms with Gasteiger partial charge in [0.15, 0.2) is 0 Å². The van der Waals surface area contributed by atoms with Crippen LogP contribution in [0.15, 0.2) is 91.6 Å². The molecule has 13 nitrogen and oxygen atoms in total. The quantitative estimate of drug-likeness (QED) is 0.168. The molecule has 3 heterocycles. The van der Waals surface area contributed by atoms with Crippen molar-refractivity contribution in [2.75, 3.05) is 26.7 Å². The van der Waals surface area contributed by atoms with Crippen molar-refractivity contribution in [3.8, 4) is 5.75 Å². The first-order valence-electron chi connectivity index (χ1n) is 17.6. The number of ether oxygens (including phenoxy) is 1. The molecule has 13 heteroatoms. The zero-order valence-electron chi connectivity index (χ0n) is 30.1. The number of carbonyl (C=O) groups is 5. The van der Waals surface area contributed by atoms with Crippen LogP contribution in [0.5, 0.6) is 5.75 Å². The highest BCUT2D eigenvalue weighted by Gasteiger charge is 2.51. The molecule has 0 spiro atoms. The van der Waals surface area contributed by atoms with E-state index in [1.165, 1.54) is 19.2 Å². The molecule has 1 aromatic heterocycles. The van der Waals surface area contributed by atoms with Crippen LogP contribution in [-0.4, -0.2) is 104 Å². The van der Waals surface area contributed by atoms with E-state index < -0.39 is 30.1 Å². The summed E-state index contributed by atoms with van der Waals surface area (Å²) in [5.74, 6) is -1.68. The number of piperazine rings is 1. The minimum absolute atomic E-state index is 0.0478. The summed E-state index contributed by atoms with van der Waals surface area (Å²) in [5, 5.41) is 16.6. The molecule has 6 rings (SSSR count). The van der Waals surface area contributed by atoms with Gasteiger partial charge in [0, 0.05) is 44.6 Å². The number of nitrogens with zero attached hydrogens (tertiary/aromatic N) is 5. The van der Waals surface area contributed by atoms with E-state index in [2.05, 4.69) is 11.9 Å². The molecule has 0 aliphatic carbocycles. The highest BCUT2D eigenvalue weighted by molar-refractivity contribution is 6.08. The summed E-state index contributed by atoms with van der Waals surface area (Å²) in [6, 6.07) is 19.9. The van der Waals surface area contributed by atoms with Crippen LogP contribution >= 0.6 is 0 Å². The molecule has 3 aromatic carbocycles. The first-order chi connectivity index (χ1) is 25.5. The van der Waals surface area contributed by atoms with Crippen molar-refractivity contribution in [2.24, 2.45) is 7.05 Å². The van der Waals surface area contributed by atoms with E-state index in [0.29, 0.717) is 17.4 Å². The number of phenols is 1.